The lowest BCUT2D eigenvalue weighted by molar-refractivity contribution is -0.127. The lowest BCUT2D eigenvalue weighted by Gasteiger charge is -2.04. The molecule has 0 radical (unpaired) electrons. The van der Waals surface area contributed by atoms with Crippen LogP contribution >= 0.6 is 0 Å². The Kier molecular flexibility index (Phi) is 2.81. The number of rotatable bonds is 3. The third-order valence-electron chi connectivity index (χ3n) is 2.55. The number of aromatic nitrogens is 5. The quantitative estimate of drug-likeness (QED) is 0.773. The number of halogens is 3. The zero-order valence-electron chi connectivity index (χ0n) is 10.0. The molecule has 0 bridgehead atoms. The number of nitrogens with zero attached hydrogens (tertiary/aromatic N) is 4. The Morgan fingerprint density at radius 2 is 2.15 bits per heavy atom. The van der Waals surface area contributed by atoms with Gasteiger partial charge in [0.15, 0.2) is 5.82 Å². The van der Waals surface area contributed by atoms with Crippen molar-refractivity contribution in [3.05, 3.63) is 36.4 Å². The molecule has 20 heavy (non-hydrogen) atoms. The molecule has 3 heterocycles. The Morgan fingerprint density at radius 1 is 1.30 bits per heavy atom. The average Bonchev–Trinajstić information content (AvgIpc) is 2.96. The third-order valence-corrected chi connectivity index (χ3v) is 2.55. The molecular weight excluding hydrogens is 273 g/mol. The third kappa shape index (κ3) is 2.56. The fourth-order valence-electron chi connectivity index (χ4n) is 1.80. The molecule has 0 spiro atoms. The summed E-state index contributed by atoms with van der Waals surface area (Å²) in [5, 5.41) is 9.41. The average molecular weight is 282 g/mol. The molecule has 6 nitrogen and oxygen atoms in total. The number of hydrogen-bond donors (Lipinski definition) is 2. The number of nitrogens with one attached hydrogen (secondary N) is 2. The highest BCUT2D eigenvalue weighted by atomic mass is 19.4. The minimum atomic E-state index is -4.29. The van der Waals surface area contributed by atoms with Crippen molar-refractivity contribution in [3.8, 4) is 0 Å². The summed E-state index contributed by atoms with van der Waals surface area (Å²) < 4.78 is 38.6. The molecule has 0 aliphatic carbocycles. The summed E-state index contributed by atoms with van der Waals surface area (Å²) in [4.78, 5) is 7.99. The fourth-order valence-corrected chi connectivity index (χ4v) is 1.80. The first-order valence-corrected chi connectivity index (χ1v) is 5.68. The largest absolute Gasteiger partial charge is 0.394 e. The van der Waals surface area contributed by atoms with E-state index in [2.05, 4.69) is 25.5 Å². The maximum Gasteiger partial charge on any atom is 0.394 e. The molecule has 0 saturated carbocycles. The molecule has 0 unspecified atom stereocenters. The van der Waals surface area contributed by atoms with Gasteiger partial charge in [-0.05, 0) is 6.07 Å². The van der Waals surface area contributed by atoms with Crippen molar-refractivity contribution >= 4 is 17.4 Å². The van der Waals surface area contributed by atoms with Crippen LogP contribution in [0.2, 0.25) is 0 Å². The topological polar surface area (TPSA) is 70.9 Å². The molecule has 9 heteroatoms. The maximum atomic E-state index is 12.4. The van der Waals surface area contributed by atoms with Gasteiger partial charge in [0, 0.05) is 24.7 Å². The second-order valence-corrected chi connectivity index (χ2v) is 4.11. The molecule has 0 aliphatic heterocycles. The van der Waals surface area contributed by atoms with Crippen LogP contribution in [0.5, 0.6) is 0 Å². The highest BCUT2D eigenvalue weighted by molar-refractivity contribution is 5.53. The summed E-state index contributed by atoms with van der Waals surface area (Å²) in [6, 6.07) is 3.21. The van der Waals surface area contributed by atoms with Crippen LogP contribution in [-0.4, -0.2) is 30.7 Å². The predicted octanol–water partition coefficient (Wildman–Crippen LogP) is 2.30. The van der Waals surface area contributed by atoms with E-state index in [0.29, 0.717) is 17.4 Å². The Morgan fingerprint density at radius 3 is 2.85 bits per heavy atom. The van der Waals surface area contributed by atoms with E-state index >= 15 is 0 Å². The van der Waals surface area contributed by atoms with E-state index in [4.69, 9.17) is 0 Å². The molecule has 2 N–H and O–H groups in total. The lowest BCUT2D eigenvalue weighted by atomic mass is 10.3. The van der Waals surface area contributed by atoms with Gasteiger partial charge in [0.2, 0.25) is 5.95 Å². The standard InChI is InChI=1S/C11H9F3N6/c12-11(13,14)5-7-6-20-9(17-7)2-3-15-10(20)18-8-1-4-16-19-8/h1-4,6H,5H2,(H2,15,16,18,19). The van der Waals surface area contributed by atoms with Gasteiger partial charge in [0.05, 0.1) is 12.1 Å². The van der Waals surface area contributed by atoms with Crippen LogP contribution in [0, 0.1) is 0 Å². The van der Waals surface area contributed by atoms with Crippen molar-refractivity contribution in [1.29, 1.82) is 0 Å². The monoisotopic (exact) mass is 282 g/mol. The van der Waals surface area contributed by atoms with Crippen molar-refractivity contribution in [1.82, 2.24) is 24.6 Å². The van der Waals surface area contributed by atoms with Crippen molar-refractivity contribution in [2.24, 2.45) is 0 Å². The summed E-state index contributed by atoms with van der Waals surface area (Å²) in [6.07, 6.45) is -0.970. The molecule has 3 aromatic rings. The van der Waals surface area contributed by atoms with Gasteiger partial charge in [-0.2, -0.15) is 18.3 Å². The lowest BCUT2D eigenvalue weighted by Crippen LogP contribution is -2.11. The van der Waals surface area contributed by atoms with Crippen molar-refractivity contribution in [3.63, 3.8) is 0 Å². The van der Waals surface area contributed by atoms with Crippen LogP contribution in [0.3, 0.4) is 0 Å². The summed E-state index contributed by atoms with van der Waals surface area (Å²) in [5.41, 5.74) is 0.327. The molecule has 104 valence electrons. The van der Waals surface area contributed by atoms with Gasteiger partial charge in [0.1, 0.15) is 5.65 Å². The normalized spacial score (nSPS) is 11.9. The first kappa shape index (κ1) is 12.5. The minimum Gasteiger partial charge on any atom is -0.308 e. The molecule has 0 fully saturated rings. The van der Waals surface area contributed by atoms with Crippen molar-refractivity contribution in [2.45, 2.75) is 12.6 Å². The molecular formula is C11H9F3N6. The highest BCUT2D eigenvalue weighted by Gasteiger charge is 2.29. The van der Waals surface area contributed by atoms with E-state index in [-0.39, 0.29) is 5.69 Å². The van der Waals surface area contributed by atoms with Gasteiger partial charge in [-0.25, -0.2) is 9.97 Å². The van der Waals surface area contributed by atoms with Gasteiger partial charge in [-0.1, -0.05) is 0 Å². The number of aromatic amines is 1. The second-order valence-electron chi connectivity index (χ2n) is 4.11. The highest BCUT2D eigenvalue weighted by Crippen LogP contribution is 2.22. The fraction of sp³-hybridized carbons (Fsp3) is 0.182. The van der Waals surface area contributed by atoms with Crippen LogP contribution in [-0.2, 0) is 6.42 Å². The molecule has 3 rings (SSSR count). The minimum absolute atomic E-state index is 0.0597. The van der Waals surface area contributed by atoms with E-state index in [1.54, 1.807) is 12.3 Å². The van der Waals surface area contributed by atoms with Crippen LogP contribution < -0.4 is 5.32 Å². The van der Waals surface area contributed by atoms with Gasteiger partial charge < -0.3 is 5.32 Å². The van der Waals surface area contributed by atoms with Gasteiger partial charge in [-0.3, -0.25) is 9.50 Å². The van der Waals surface area contributed by atoms with Gasteiger partial charge in [-0.15, -0.1) is 0 Å². The van der Waals surface area contributed by atoms with Crippen LogP contribution in [0.25, 0.3) is 5.65 Å². The zero-order chi connectivity index (χ0) is 14.2. The first-order valence-electron chi connectivity index (χ1n) is 5.68. The summed E-state index contributed by atoms with van der Waals surface area (Å²) in [6.45, 7) is 0. The SMILES string of the molecule is FC(F)(F)Cc1cn2c(Nc3cc[nH]n3)nccc2n1. The van der Waals surface area contributed by atoms with E-state index in [1.165, 1.54) is 22.9 Å². The summed E-state index contributed by atoms with van der Waals surface area (Å²) in [5.74, 6) is 0.853. The smallest absolute Gasteiger partial charge is 0.308 e. The molecule has 3 aromatic heterocycles. The Labute approximate surface area is 110 Å². The Hall–Kier alpha value is -2.58. The molecule has 0 saturated heterocycles. The summed E-state index contributed by atoms with van der Waals surface area (Å²) in [7, 11) is 0. The molecule has 0 aliphatic rings. The Balaban J connectivity index is 1.97. The van der Waals surface area contributed by atoms with E-state index in [9.17, 15) is 13.2 Å². The molecule has 0 atom stereocenters. The van der Waals surface area contributed by atoms with Crippen molar-refractivity contribution < 1.29 is 13.2 Å². The number of anilines is 2. The Bertz CT molecular complexity index is 715. The van der Waals surface area contributed by atoms with Gasteiger partial charge in [0.25, 0.3) is 0 Å². The number of imidazole rings is 1. The number of H-pyrrole nitrogens is 1. The van der Waals surface area contributed by atoms with Crippen LogP contribution in [0.1, 0.15) is 5.69 Å². The number of fused-ring (bicyclic) bond motifs is 1. The van der Waals surface area contributed by atoms with Crippen LogP contribution in [0.15, 0.2) is 30.7 Å². The maximum absolute atomic E-state index is 12.4. The molecule has 0 amide bonds. The van der Waals surface area contributed by atoms with E-state index in [1.807, 2.05) is 0 Å². The number of hydrogen-bond acceptors (Lipinski definition) is 4. The summed E-state index contributed by atoms with van der Waals surface area (Å²) >= 11 is 0. The van der Waals surface area contributed by atoms with E-state index < -0.39 is 12.6 Å². The number of alkyl halides is 3. The van der Waals surface area contributed by atoms with Crippen LogP contribution in [0.4, 0.5) is 24.9 Å². The van der Waals surface area contributed by atoms with E-state index in [0.717, 1.165) is 0 Å². The van der Waals surface area contributed by atoms with Crippen molar-refractivity contribution in [2.75, 3.05) is 5.32 Å². The predicted molar refractivity (Wildman–Crippen MR) is 64.6 cm³/mol. The van der Waals surface area contributed by atoms with Gasteiger partial charge >= 0.3 is 6.18 Å². The first-order chi connectivity index (χ1) is 9.51. The molecule has 0 aromatic carbocycles. The second kappa shape index (κ2) is 4.51. The zero-order valence-corrected chi connectivity index (χ0v) is 10.0.